The van der Waals surface area contributed by atoms with Crippen molar-refractivity contribution in [3.05, 3.63) is 55.8 Å². The lowest BCUT2D eigenvalue weighted by Crippen LogP contribution is -2.26. The summed E-state index contributed by atoms with van der Waals surface area (Å²) in [4.78, 5) is 25.0. The number of carbonyl (C=O) groups excluding carboxylic acids is 1. The highest BCUT2D eigenvalue weighted by Crippen LogP contribution is 2.32. The van der Waals surface area contributed by atoms with Gasteiger partial charge in [0.2, 0.25) is 0 Å². The van der Waals surface area contributed by atoms with Crippen molar-refractivity contribution in [3.63, 3.8) is 0 Å². The molecule has 0 fully saturated rings. The molecule has 2 heterocycles. The summed E-state index contributed by atoms with van der Waals surface area (Å²) in [6.07, 6.45) is 0. The smallest absolute Gasteiger partial charge is 0.264 e. The molecule has 0 spiro atoms. The number of thiophene rings is 1. The molecule has 1 aromatic carbocycles. The fourth-order valence-electron chi connectivity index (χ4n) is 2.83. The zero-order chi connectivity index (χ0) is 18.3. The molecule has 2 aromatic heterocycles. The normalized spacial score (nSPS) is 11.1. The molecule has 0 saturated carbocycles. The first-order valence-electron chi connectivity index (χ1n) is 7.71. The maximum atomic E-state index is 12.9. The van der Waals surface area contributed by atoms with Gasteiger partial charge in [0, 0.05) is 24.7 Å². The maximum Gasteiger partial charge on any atom is 0.264 e. The average molecular weight is 394 g/mol. The standard InChI is InChI=1S/C18H17Cl2N3OS/c1-9-15-10(2)21-11(3)22-17(15)25-16(9)18(24)23(4)8-12-5-6-13(19)14(20)7-12/h5-7H,8H2,1-4H3. The van der Waals surface area contributed by atoms with Crippen molar-refractivity contribution in [1.82, 2.24) is 14.9 Å². The summed E-state index contributed by atoms with van der Waals surface area (Å²) in [7, 11) is 1.78. The molecule has 0 N–H and O–H groups in total. The summed E-state index contributed by atoms with van der Waals surface area (Å²) in [6.45, 7) is 6.21. The Morgan fingerprint density at radius 3 is 2.56 bits per heavy atom. The molecule has 7 heteroatoms. The molecule has 0 radical (unpaired) electrons. The van der Waals surface area contributed by atoms with Crippen LogP contribution in [0.25, 0.3) is 10.2 Å². The highest BCUT2D eigenvalue weighted by Gasteiger charge is 2.21. The molecular formula is C18H17Cl2N3OS. The Morgan fingerprint density at radius 1 is 1.16 bits per heavy atom. The lowest BCUT2D eigenvalue weighted by atomic mass is 10.1. The maximum absolute atomic E-state index is 12.9. The van der Waals surface area contributed by atoms with E-state index in [4.69, 9.17) is 23.2 Å². The minimum Gasteiger partial charge on any atom is -0.337 e. The molecule has 25 heavy (non-hydrogen) atoms. The lowest BCUT2D eigenvalue weighted by Gasteiger charge is -2.17. The van der Waals surface area contributed by atoms with Crippen molar-refractivity contribution < 1.29 is 4.79 Å². The predicted octanol–water partition coefficient (Wildman–Crippen LogP) is 5.20. The monoisotopic (exact) mass is 393 g/mol. The Hall–Kier alpha value is -1.69. The summed E-state index contributed by atoms with van der Waals surface area (Å²) < 4.78 is 0. The van der Waals surface area contributed by atoms with Crippen molar-refractivity contribution in [2.24, 2.45) is 0 Å². The Bertz CT molecular complexity index is 984. The van der Waals surface area contributed by atoms with E-state index in [2.05, 4.69) is 9.97 Å². The van der Waals surface area contributed by atoms with Crippen LogP contribution < -0.4 is 0 Å². The Labute approximate surface area is 160 Å². The number of nitrogens with zero attached hydrogens (tertiary/aromatic N) is 3. The van der Waals surface area contributed by atoms with E-state index < -0.39 is 0 Å². The molecular weight excluding hydrogens is 377 g/mol. The van der Waals surface area contributed by atoms with Gasteiger partial charge in [-0.25, -0.2) is 9.97 Å². The molecule has 4 nitrogen and oxygen atoms in total. The van der Waals surface area contributed by atoms with Crippen molar-refractivity contribution in [1.29, 1.82) is 0 Å². The van der Waals surface area contributed by atoms with Crippen LogP contribution in [0.4, 0.5) is 0 Å². The van der Waals surface area contributed by atoms with Crippen LogP contribution in [-0.2, 0) is 6.54 Å². The molecule has 0 aliphatic rings. The van der Waals surface area contributed by atoms with Gasteiger partial charge < -0.3 is 4.90 Å². The molecule has 0 atom stereocenters. The summed E-state index contributed by atoms with van der Waals surface area (Å²) in [5, 5.41) is 1.96. The van der Waals surface area contributed by atoms with Gasteiger partial charge in [0.1, 0.15) is 10.7 Å². The van der Waals surface area contributed by atoms with Gasteiger partial charge in [-0.05, 0) is 44.0 Å². The number of benzene rings is 1. The quantitative estimate of drug-likeness (QED) is 0.614. The van der Waals surface area contributed by atoms with Crippen LogP contribution in [-0.4, -0.2) is 27.8 Å². The number of hydrogen-bond donors (Lipinski definition) is 0. The van der Waals surface area contributed by atoms with Crippen molar-refractivity contribution in [3.8, 4) is 0 Å². The van der Waals surface area contributed by atoms with E-state index in [0.29, 0.717) is 21.5 Å². The third-order valence-electron chi connectivity index (χ3n) is 4.03. The molecule has 0 unspecified atom stereocenters. The molecule has 0 aliphatic heterocycles. The highest BCUT2D eigenvalue weighted by atomic mass is 35.5. The SMILES string of the molecule is Cc1nc(C)c2c(C)c(C(=O)N(C)Cc3ccc(Cl)c(Cl)c3)sc2n1. The van der Waals surface area contributed by atoms with Crippen molar-refractivity contribution in [2.75, 3.05) is 7.05 Å². The number of amides is 1. The first kappa shape index (κ1) is 18.1. The number of fused-ring (bicyclic) bond motifs is 1. The molecule has 0 saturated heterocycles. The van der Waals surface area contributed by atoms with Gasteiger partial charge >= 0.3 is 0 Å². The summed E-state index contributed by atoms with van der Waals surface area (Å²) >= 11 is 13.4. The number of aromatic nitrogens is 2. The zero-order valence-corrected chi connectivity index (χ0v) is 16.7. The molecule has 0 aliphatic carbocycles. The Balaban J connectivity index is 1.92. The third-order valence-corrected chi connectivity index (χ3v) is 5.94. The van der Waals surface area contributed by atoms with Gasteiger partial charge in [0.15, 0.2) is 0 Å². The van der Waals surface area contributed by atoms with Gasteiger partial charge in [-0.15, -0.1) is 11.3 Å². The van der Waals surface area contributed by atoms with E-state index in [-0.39, 0.29) is 5.91 Å². The van der Waals surface area contributed by atoms with Gasteiger partial charge in [-0.1, -0.05) is 29.3 Å². The lowest BCUT2D eigenvalue weighted by molar-refractivity contribution is 0.0789. The first-order valence-corrected chi connectivity index (χ1v) is 9.29. The Kier molecular flexibility index (Phi) is 5.00. The Morgan fingerprint density at radius 2 is 1.88 bits per heavy atom. The fourth-order valence-corrected chi connectivity index (χ4v) is 4.43. The third kappa shape index (κ3) is 3.50. The number of hydrogen-bond acceptors (Lipinski definition) is 4. The van der Waals surface area contributed by atoms with Gasteiger partial charge in [-0.3, -0.25) is 4.79 Å². The van der Waals surface area contributed by atoms with E-state index >= 15 is 0 Å². The molecule has 0 bridgehead atoms. The van der Waals surface area contributed by atoms with Gasteiger partial charge in [0.25, 0.3) is 5.91 Å². The topological polar surface area (TPSA) is 46.1 Å². The van der Waals surface area contributed by atoms with Crippen LogP contribution in [0.1, 0.15) is 32.3 Å². The minimum absolute atomic E-state index is 0.0383. The van der Waals surface area contributed by atoms with E-state index in [1.165, 1.54) is 11.3 Å². The molecule has 1 amide bonds. The van der Waals surface area contributed by atoms with E-state index in [0.717, 1.165) is 32.9 Å². The second-order valence-electron chi connectivity index (χ2n) is 6.00. The van der Waals surface area contributed by atoms with Crippen molar-refractivity contribution >= 4 is 50.7 Å². The van der Waals surface area contributed by atoms with Gasteiger partial charge in [-0.2, -0.15) is 0 Å². The summed E-state index contributed by atoms with van der Waals surface area (Å²) in [5.41, 5.74) is 2.77. The summed E-state index contributed by atoms with van der Waals surface area (Å²) in [5.74, 6) is 0.679. The minimum atomic E-state index is -0.0383. The second kappa shape index (κ2) is 6.90. The van der Waals surface area contributed by atoms with E-state index in [1.54, 1.807) is 24.1 Å². The second-order valence-corrected chi connectivity index (χ2v) is 7.82. The number of carbonyl (C=O) groups is 1. The van der Waals surface area contributed by atoms with Crippen LogP contribution in [0.3, 0.4) is 0 Å². The zero-order valence-electron chi connectivity index (χ0n) is 14.4. The summed E-state index contributed by atoms with van der Waals surface area (Å²) in [6, 6.07) is 5.39. The molecule has 3 aromatic rings. The molecule has 3 rings (SSSR count). The van der Waals surface area contributed by atoms with E-state index in [1.807, 2.05) is 26.8 Å². The average Bonchev–Trinajstić information content (AvgIpc) is 2.87. The van der Waals surface area contributed by atoms with Crippen LogP contribution in [0.2, 0.25) is 10.0 Å². The largest absolute Gasteiger partial charge is 0.337 e. The number of halogens is 2. The van der Waals surface area contributed by atoms with Crippen LogP contribution in [0.15, 0.2) is 18.2 Å². The van der Waals surface area contributed by atoms with Crippen LogP contribution >= 0.6 is 34.5 Å². The van der Waals surface area contributed by atoms with Crippen molar-refractivity contribution in [2.45, 2.75) is 27.3 Å². The van der Waals surface area contributed by atoms with E-state index in [9.17, 15) is 4.79 Å². The number of aryl methyl sites for hydroxylation is 3. The van der Waals surface area contributed by atoms with Gasteiger partial charge in [0.05, 0.1) is 14.9 Å². The molecule has 130 valence electrons. The van der Waals surface area contributed by atoms with Crippen LogP contribution in [0.5, 0.6) is 0 Å². The predicted molar refractivity (Wildman–Crippen MR) is 104 cm³/mol. The van der Waals surface area contributed by atoms with Crippen LogP contribution in [0, 0.1) is 20.8 Å². The number of rotatable bonds is 3. The first-order chi connectivity index (χ1) is 11.8. The highest BCUT2D eigenvalue weighted by molar-refractivity contribution is 7.20. The fraction of sp³-hybridized carbons (Fsp3) is 0.278.